The minimum Gasteiger partial charge on any atom is -0.296 e. The second-order valence-corrected chi connectivity index (χ2v) is 5.45. The zero-order chi connectivity index (χ0) is 15.2. The van der Waals surface area contributed by atoms with E-state index in [2.05, 4.69) is 17.9 Å². The maximum atomic E-state index is 13.6. The summed E-state index contributed by atoms with van der Waals surface area (Å²) in [6, 6.07) is 6.27. The normalized spacial score (nSPS) is 18.4. The number of hydrogen-bond acceptors (Lipinski definition) is 3. The summed E-state index contributed by atoms with van der Waals surface area (Å²) in [5, 5.41) is 9.18. The molecule has 0 bridgehead atoms. The lowest BCUT2D eigenvalue weighted by molar-refractivity contribution is 0.104. The molecular formula is C16H21F2N3. The number of hydrogen-bond donors (Lipinski definition) is 0. The lowest BCUT2D eigenvalue weighted by Crippen LogP contribution is -2.49. The number of rotatable bonds is 5. The number of halogens is 2. The third-order valence-electron chi connectivity index (χ3n) is 4.00. The van der Waals surface area contributed by atoms with E-state index in [0.29, 0.717) is 0 Å². The Morgan fingerprint density at radius 2 is 1.81 bits per heavy atom. The Labute approximate surface area is 124 Å². The summed E-state index contributed by atoms with van der Waals surface area (Å²) in [7, 11) is 0. The van der Waals surface area contributed by atoms with Gasteiger partial charge in [0.2, 0.25) is 0 Å². The van der Waals surface area contributed by atoms with Crippen LogP contribution in [-0.4, -0.2) is 42.0 Å². The van der Waals surface area contributed by atoms with Gasteiger partial charge in [-0.3, -0.25) is 9.80 Å². The van der Waals surface area contributed by atoms with E-state index in [1.807, 2.05) is 4.90 Å². The molecule has 1 aliphatic heterocycles. The van der Waals surface area contributed by atoms with Gasteiger partial charge in [0.25, 0.3) is 0 Å². The van der Waals surface area contributed by atoms with E-state index in [9.17, 15) is 14.0 Å². The lowest BCUT2D eigenvalue weighted by atomic mass is 10.1. The van der Waals surface area contributed by atoms with Crippen molar-refractivity contribution >= 4 is 0 Å². The largest absolute Gasteiger partial charge is 0.296 e. The Kier molecular flexibility index (Phi) is 5.66. The second kappa shape index (κ2) is 7.48. The Hall–Kier alpha value is -1.51. The van der Waals surface area contributed by atoms with Crippen LogP contribution in [0.1, 0.15) is 25.3 Å². The van der Waals surface area contributed by atoms with E-state index in [0.717, 1.165) is 39.0 Å². The molecule has 5 heteroatoms. The molecule has 0 N–H and O–H groups in total. The highest BCUT2D eigenvalue weighted by Crippen LogP contribution is 2.17. The van der Waals surface area contributed by atoms with Crippen molar-refractivity contribution in [2.45, 2.75) is 32.4 Å². The molecule has 1 unspecified atom stereocenters. The maximum Gasteiger partial charge on any atom is 0.130 e. The van der Waals surface area contributed by atoms with Crippen molar-refractivity contribution in [2.24, 2.45) is 0 Å². The fourth-order valence-corrected chi connectivity index (χ4v) is 2.74. The van der Waals surface area contributed by atoms with Crippen LogP contribution < -0.4 is 0 Å². The molecular weight excluding hydrogens is 272 g/mol. The van der Waals surface area contributed by atoms with Gasteiger partial charge < -0.3 is 0 Å². The minimum atomic E-state index is -0.488. The zero-order valence-corrected chi connectivity index (χ0v) is 12.4. The topological polar surface area (TPSA) is 30.3 Å². The second-order valence-electron chi connectivity index (χ2n) is 5.45. The standard InChI is InChI=1S/C16H21F2N3/c1-2-4-13(11-19)21-9-7-20(8-10-21)12-14-15(17)5-3-6-16(14)18/h3,5-6,13H,2,4,7-10,12H2,1H3. The van der Waals surface area contributed by atoms with Gasteiger partial charge in [-0.2, -0.15) is 5.26 Å². The van der Waals surface area contributed by atoms with Crippen molar-refractivity contribution in [1.29, 1.82) is 5.26 Å². The van der Waals surface area contributed by atoms with Crippen LogP contribution in [0, 0.1) is 23.0 Å². The lowest BCUT2D eigenvalue weighted by Gasteiger charge is -2.37. The molecule has 1 aromatic carbocycles. The van der Waals surface area contributed by atoms with E-state index in [-0.39, 0.29) is 18.2 Å². The third-order valence-corrected chi connectivity index (χ3v) is 4.00. The van der Waals surface area contributed by atoms with Crippen molar-refractivity contribution in [3.05, 3.63) is 35.4 Å². The van der Waals surface area contributed by atoms with Gasteiger partial charge in [0.15, 0.2) is 0 Å². The predicted octanol–water partition coefficient (Wildman–Crippen LogP) is 2.77. The fraction of sp³-hybridized carbons (Fsp3) is 0.562. The summed E-state index contributed by atoms with van der Waals surface area (Å²) in [6.07, 6.45) is 1.86. The Balaban J connectivity index is 1.91. The highest BCUT2D eigenvalue weighted by atomic mass is 19.1. The van der Waals surface area contributed by atoms with E-state index >= 15 is 0 Å². The molecule has 21 heavy (non-hydrogen) atoms. The molecule has 0 aromatic heterocycles. The summed E-state index contributed by atoms with van der Waals surface area (Å²) in [5.41, 5.74) is 0.136. The molecule has 1 saturated heterocycles. The van der Waals surface area contributed by atoms with Crippen molar-refractivity contribution in [3.8, 4) is 6.07 Å². The van der Waals surface area contributed by atoms with Crippen LogP contribution in [0.3, 0.4) is 0 Å². The first kappa shape index (κ1) is 15.9. The quantitative estimate of drug-likeness (QED) is 0.836. The average molecular weight is 293 g/mol. The minimum absolute atomic E-state index is 0.0395. The molecule has 1 fully saturated rings. The van der Waals surface area contributed by atoms with Gasteiger partial charge in [-0.05, 0) is 18.6 Å². The fourth-order valence-electron chi connectivity index (χ4n) is 2.74. The molecule has 3 nitrogen and oxygen atoms in total. The molecule has 1 aliphatic rings. The van der Waals surface area contributed by atoms with Gasteiger partial charge in [-0.1, -0.05) is 19.4 Å². The van der Waals surface area contributed by atoms with E-state index in [1.165, 1.54) is 18.2 Å². The van der Waals surface area contributed by atoms with Crippen LogP contribution in [0.4, 0.5) is 8.78 Å². The van der Waals surface area contributed by atoms with E-state index in [1.54, 1.807) is 0 Å². The maximum absolute atomic E-state index is 13.6. The van der Waals surface area contributed by atoms with Crippen LogP contribution in [0.15, 0.2) is 18.2 Å². The van der Waals surface area contributed by atoms with Crippen molar-refractivity contribution in [2.75, 3.05) is 26.2 Å². The number of piperazine rings is 1. The molecule has 0 saturated carbocycles. The smallest absolute Gasteiger partial charge is 0.130 e. The third kappa shape index (κ3) is 3.99. The predicted molar refractivity (Wildman–Crippen MR) is 77.5 cm³/mol. The van der Waals surface area contributed by atoms with Crippen LogP contribution >= 0.6 is 0 Å². The average Bonchev–Trinajstić information content (AvgIpc) is 2.49. The molecule has 1 aromatic rings. The van der Waals surface area contributed by atoms with Gasteiger partial charge in [0.05, 0.1) is 12.1 Å². The molecule has 0 radical (unpaired) electrons. The molecule has 1 heterocycles. The summed E-state index contributed by atoms with van der Waals surface area (Å²) < 4.78 is 27.3. The summed E-state index contributed by atoms with van der Waals surface area (Å²) in [5.74, 6) is -0.975. The molecule has 0 amide bonds. The highest BCUT2D eigenvalue weighted by Gasteiger charge is 2.24. The number of benzene rings is 1. The first-order chi connectivity index (χ1) is 10.2. The summed E-state index contributed by atoms with van der Waals surface area (Å²) >= 11 is 0. The van der Waals surface area contributed by atoms with Crippen LogP contribution in [-0.2, 0) is 6.54 Å². The SMILES string of the molecule is CCCC(C#N)N1CCN(Cc2c(F)cccc2F)CC1. The Morgan fingerprint density at radius 1 is 1.19 bits per heavy atom. The number of nitrogens with zero attached hydrogens (tertiary/aromatic N) is 3. The van der Waals surface area contributed by atoms with Crippen LogP contribution in [0.5, 0.6) is 0 Å². The Morgan fingerprint density at radius 3 is 2.33 bits per heavy atom. The molecule has 1 atom stereocenters. The first-order valence-electron chi connectivity index (χ1n) is 7.44. The monoisotopic (exact) mass is 293 g/mol. The number of nitriles is 1. The van der Waals surface area contributed by atoms with Crippen LogP contribution in [0.2, 0.25) is 0 Å². The van der Waals surface area contributed by atoms with Crippen molar-refractivity contribution < 1.29 is 8.78 Å². The van der Waals surface area contributed by atoms with E-state index < -0.39 is 11.6 Å². The highest BCUT2D eigenvalue weighted by molar-refractivity contribution is 5.19. The first-order valence-corrected chi connectivity index (χ1v) is 7.44. The molecule has 0 aliphatic carbocycles. The van der Waals surface area contributed by atoms with Gasteiger partial charge in [0.1, 0.15) is 11.6 Å². The zero-order valence-electron chi connectivity index (χ0n) is 12.4. The summed E-state index contributed by atoms with van der Waals surface area (Å²) in [4.78, 5) is 4.20. The van der Waals surface area contributed by atoms with Crippen LogP contribution in [0.25, 0.3) is 0 Å². The van der Waals surface area contributed by atoms with Gasteiger partial charge in [-0.25, -0.2) is 8.78 Å². The molecule has 2 rings (SSSR count). The van der Waals surface area contributed by atoms with Gasteiger partial charge >= 0.3 is 0 Å². The van der Waals surface area contributed by atoms with Gasteiger partial charge in [-0.15, -0.1) is 0 Å². The summed E-state index contributed by atoms with van der Waals surface area (Å²) in [6.45, 7) is 5.37. The Bertz CT molecular complexity index is 484. The van der Waals surface area contributed by atoms with E-state index in [4.69, 9.17) is 0 Å². The molecule has 0 spiro atoms. The molecule has 114 valence electrons. The van der Waals surface area contributed by atoms with Gasteiger partial charge in [0, 0.05) is 38.3 Å². The van der Waals surface area contributed by atoms with Crippen molar-refractivity contribution in [3.63, 3.8) is 0 Å². The van der Waals surface area contributed by atoms with Crippen molar-refractivity contribution in [1.82, 2.24) is 9.80 Å².